The van der Waals surface area contributed by atoms with Gasteiger partial charge >= 0.3 is 5.97 Å². The van der Waals surface area contributed by atoms with Gasteiger partial charge in [-0.15, -0.1) is 0 Å². The summed E-state index contributed by atoms with van der Waals surface area (Å²) in [4.78, 5) is 35.7. The largest absolute Gasteiger partial charge is 0.461 e. The predicted molar refractivity (Wildman–Crippen MR) is 103 cm³/mol. The Kier molecular flexibility index (Phi) is 9.04. The number of esters is 1. The van der Waals surface area contributed by atoms with Crippen molar-refractivity contribution in [3.05, 3.63) is 0 Å². The quantitative estimate of drug-likeness (QED) is 0.415. The number of carbonyl (C=O) groups excluding carboxylic acids is 3. The van der Waals surface area contributed by atoms with E-state index in [1.54, 1.807) is 0 Å². The van der Waals surface area contributed by atoms with Crippen LogP contribution in [0.2, 0.25) is 0 Å². The van der Waals surface area contributed by atoms with Gasteiger partial charge in [-0.1, -0.05) is 25.7 Å². The van der Waals surface area contributed by atoms with Crippen LogP contribution in [0.5, 0.6) is 0 Å². The van der Waals surface area contributed by atoms with E-state index in [4.69, 9.17) is 10.5 Å². The monoisotopic (exact) mass is 381 g/mol. The molecule has 0 aliphatic heterocycles. The first kappa shape index (κ1) is 21.7. The zero-order valence-electron chi connectivity index (χ0n) is 16.5. The van der Waals surface area contributed by atoms with Crippen LogP contribution in [-0.4, -0.2) is 43.0 Å². The second-order valence-corrected chi connectivity index (χ2v) is 7.99. The van der Waals surface area contributed by atoms with Crippen LogP contribution in [0.4, 0.5) is 0 Å². The number of rotatable bonds is 9. The average molecular weight is 382 g/mol. The molecular weight excluding hydrogens is 346 g/mol. The van der Waals surface area contributed by atoms with E-state index in [2.05, 4.69) is 10.6 Å². The van der Waals surface area contributed by atoms with Gasteiger partial charge in [0.1, 0.15) is 12.1 Å². The molecule has 7 nitrogen and oxygen atoms in total. The highest BCUT2D eigenvalue weighted by atomic mass is 16.5. The van der Waals surface area contributed by atoms with Crippen molar-refractivity contribution in [2.24, 2.45) is 17.6 Å². The molecule has 0 spiro atoms. The number of hydrogen-bond donors (Lipinski definition) is 3. The lowest BCUT2D eigenvalue weighted by molar-refractivity contribution is -0.156. The number of carbonyl (C=O) groups is 3. The fourth-order valence-corrected chi connectivity index (χ4v) is 4.38. The molecule has 2 aliphatic carbocycles. The molecule has 0 heterocycles. The van der Waals surface area contributed by atoms with E-state index in [0.29, 0.717) is 18.9 Å². The Bertz CT molecular complexity index is 511. The van der Waals surface area contributed by atoms with E-state index < -0.39 is 6.04 Å². The summed E-state index contributed by atoms with van der Waals surface area (Å²) in [6.07, 6.45) is 10.2. The zero-order chi connectivity index (χ0) is 19.6. The molecule has 4 N–H and O–H groups in total. The van der Waals surface area contributed by atoms with Gasteiger partial charge < -0.3 is 21.1 Å². The fraction of sp³-hybridized carbons (Fsp3) is 0.850. The summed E-state index contributed by atoms with van der Waals surface area (Å²) in [7, 11) is 0. The highest BCUT2D eigenvalue weighted by molar-refractivity contribution is 5.87. The first-order valence-corrected chi connectivity index (χ1v) is 10.4. The molecule has 4 atom stereocenters. The van der Waals surface area contributed by atoms with E-state index in [-0.39, 0.29) is 30.4 Å². The first-order valence-electron chi connectivity index (χ1n) is 10.4. The van der Waals surface area contributed by atoms with Crippen molar-refractivity contribution in [2.45, 2.75) is 83.3 Å². The van der Waals surface area contributed by atoms with Crippen LogP contribution in [0.15, 0.2) is 0 Å². The van der Waals surface area contributed by atoms with Crippen molar-refractivity contribution in [1.82, 2.24) is 10.6 Å². The summed E-state index contributed by atoms with van der Waals surface area (Å²) >= 11 is 0. The van der Waals surface area contributed by atoms with Crippen molar-refractivity contribution in [3.63, 3.8) is 0 Å². The summed E-state index contributed by atoms with van der Waals surface area (Å²) in [6, 6.07) is -0.679. The summed E-state index contributed by atoms with van der Waals surface area (Å²) < 4.78 is 5.79. The van der Waals surface area contributed by atoms with E-state index in [9.17, 15) is 14.4 Å². The molecule has 2 amide bonds. The van der Waals surface area contributed by atoms with Crippen LogP contribution in [0, 0.1) is 11.8 Å². The van der Waals surface area contributed by atoms with Crippen LogP contribution >= 0.6 is 0 Å². The lowest BCUT2D eigenvalue weighted by Gasteiger charge is -2.39. The van der Waals surface area contributed by atoms with E-state index >= 15 is 0 Å². The van der Waals surface area contributed by atoms with E-state index in [0.717, 1.165) is 38.0 Å². The minimum Gasteiger partial charge on any atom is -0.461 e. The summed E-state index contributed by atoms with van der Waals surface area (Å²) in [5.41, 5.74) is 5.53. The number of amides is 2. The molecule has 2 saturated carbocycles. The molecule has 2 rings (SSSR count). The maximum atomic E-state index is 12.7. The Morgan fingerprint density at radius 2 is 1.81 bits per heavy atom. The summed E-state index contributed by atoms with van der Waals surface area (Å²) in [6.45, 7) is 1.76. The maximum absolute atomic E-state index is 12.7. The Morgan fingerprint density at radius 3 is 2.52 bits per heavy atom. The van der Waals surface area contributed by atoms with Gasteiger partial charge in [-0.05, 0) is 56.9 Å². The highest BCUT2D eigenvalue weighted by Gasteiger charge is 2.35. The minimum absolute atomic E-state index is 0.0406. The Labute approximate surface area is 162 Å². The van der Waals surface area contributed by atoms with Crippen molar-refractivity contribution in [2.75, 3.05) is 13.1 Å². The Hall–Kier alpha value is -1.63. The molecule has 2 aliphatic rings. The molecule has 4 unspecified atom stereocenters. The molecule has 154 valence electrons. The number of nitrogens with two attached hydrogens (primary N) is 1. The predicted octanol–water partition coefficient (Wildman–Crippen LogP) is 1.64. The SMILES string of the molecule is CC(=O)NCC(=O)NC(CCCCN)C(=O)OC1CCC2CCCCC2C1. The maximum Gasteiger partial charge on any atom is 0.328 e. The number of ether oxygens (including phenoxy) is 1. The standard InChI is InChI=1S/C20H35N3O4/c1-14(24)22-13-19(25)23-18(8-4-5-11-21)20(26)27-17-10-9-15-6-2-3-7-16(15)12-17/h15-18H,2-13,21H2,1H3,(H,22,24)(H,23,25). The van der Waals surface area contributed by atoms with Gasteiger partial charge in [0.25, 0.3) is 0 Å². The normalized spacial score (nSPS) is 25.8. The number of fused-ring (bicyclic) bond motifs is 1. The van der Waals surface area contributed by atoms with Gasteiger partial charge in [-0.3, -0.25) is 9.59 Å². The van der Waals surface area contributed by atoms with E-state index in [1.165, 1.54) is 32.6 Å². The highest BCUT2D eigenvalue weighted by Crippen LogP contribution is 2.41. The number of hydrogen-bond acceptors (Lipinski definition) is 5. The van der Waals surface area contributed by atoms with Crippen LogP contribution in [0.25, 0.3) is 0 Å². The van der Waals surface area contributed by atoms with Crippen molar-refractivity contribution < 1.29 is 19.1 Å². The van der Waals surface area contributed by atoms with Gasteiger partial charge in [0.2, 0.25) is 11.8 Å². The van der Waals surface area contributed by atoms with Crippen LogP contribution < -0.4 is 16.4 Å². The van der Waals surface area contributed by atoms with Crippen LogP contribution in [0.3, 0.4) is 0 Å². The smallest absolute Gasteiger partial charge is 0.328 e. The molecule has 0 aromatic heterocycles. The zero-order valence-corrected chi connectivity index (χ0v) is 16.5. The van der Waals surface area contributed by atoms with Crippen LogP contribution in [-0.2, 0) is 19.1 Å². The van der Waals surface area contributed by atoms with Crippen LogP contribution in [0.1, 0.15) is 71.1 Å². The lowest BCUT2D eigenvalue weighted by Crippen LogP contribution is -2.47. The van der Waals surface area contributed by atoms with Gasteiger partial charge in [0.05, 0.1) is 6.54 Å². The second-order valence-electron chi connectivity index (χ2n) is 7.99. The van der Waals surface area contributed by atoms with Gasteiger partial charge in [-0.25, -0.2) is 4.79 Å². The molecule has 2 fully saturated rings. The molecule has 0 aromatic rings. The van der Waals surface area contributed by atoms with Crippen molar-refractivity contribution in [3.8, 4) is 0 Å². The van der Waals surface area contributed by atoms with Crippen molar-refractivity contribution in [1.29, 1.82) is 0 Å². The first-order chi connectivity index (χ1) is 13.0. The van der Waals surface area contributed by atoms with Crippen molar-refractivity contribution >= 4 is 17.8 Å². The summed E-state index contributed by atoms with van der Waals surface area (Å²) in [5, 5.41) is 5.15. The van der Waals surface area contributed by atoms with Gasteiger partial charge in [0, 0.05) is 6.92 Å². The number of nitrogens with one attached hydrogen (secondary N) is 2. The number of unbranched alkanes of at least 4 members (excludes halogenated alkanes) is 1. The topological polar surface area (TPSA) is 111 Å². The lowest BCUT2D eigenvalue weighted by atomic mass is 9.70. The third-order valence-corrected chi connectivity index (χ3v) is 5.84. The third kappa shape index (κ3) is 7.48. The molecule has 0 saturated heterocycles. The molecule has 7 heteroatoms. The molecular formula is C20H35N3O4. The Morgan fingerprint density at radius 1 is 1.07 bits per heavy atom. The third-order valence-electron chi connectivity index (χ3n) is 5.84. The second kappa shape index (κ2) is 11.3. The molecule has 0 radical (unpaired) electrons. The fourth-order valence-electron chi connectivity index (χ4n) is 4.38. The van der Waals surface area contributed by atoms with E-state index in [1.807, 2.05) is 0 Å². The molecule has 27 heavy (non-hydrogen) atoms. The minimum atomic E-state index is -0.679. The van der Waals surface area contributed by atoms with Gasteiger partial charge in [0.15, 0.2) is 0 Å². The average Bonchev–Trinajstić information content (AvgIpc) is 2.65. The Balaban J connectivity index is 1.85. The van der Waals surface area contributed by atoms with Gasteiger partial charge in [-0.2, -0.15) is 0 Å². The summed E-state index contributed by atoms with van der Waals surface area (Å²) in [5.74, 6) is 0.455. The molecule has 0 bridgehead atoms. The molecule has 0 aromatic carbocycles.